The van der Waals surface area contributed by atoms with Crippen LogP contribution in [-0.4, -0.2) is 41.0 Å². The third kappa shape index (κ3) is 3.19. The van der Waals surface area contributed by atoms with E-state index in [1.54, 1.807) is 36.4 Å². The minimum absolute atomic E-state index is 0.0607. The van der Waals surface area contributed by atoms with E-state index in [1.165, 1.54) is 13.2 Å². The maximum absolute atomic E-state index is 12.6. The van der Waals surface area contributed by atoms with Crippen LogP contribution in [0.2, 0.25) is 5.02 Å². The molecule has 0 spiro atoms. The molecule has 0 bridgehead atoms. The first kappa shape index (κ1) is 17.6. The molecule has 0 saturated carbocycles. The van der Waals surface area contributed by atoms with Gasteiger partial charge in [-0.1, -0.05) is 39.7 Å². The first-order valence-corrected chi connectivity index (χ1v) is 8.70. The smallest absolute Gasteiger partial charge is 0.261 e. The number of ether oxygens (including phenoxy) is 1. The summed E-state index contributed by atoms with van der Waals surface area (Å²) in [5.41, 5.74) is 1.07. The molecule has 1 atom stereocenters. The highest BCUT2D eigenvalue weighted by molar-refractivity contribution is 9.10. The molecule has 0 aromatic heterocycles. The Morgan fingerprint density at radius 1 is 1.16 bits per heavy atom. The van der Waals surface area contributed by atoms with Crippen molar-refractivity contribution in [2.45, 2.75) is 4.83 Å². The van der Waals surface area contributed by atoms with Gasteiger partial charge in [0.2, 0.25) is 0 Å². The van der Waals surface area contributed by atoms with Crippen LogP contribution in [0.15, 0.2) is 42.5 Å². The molecule has 1 aliphatic rings. The minimum Gasteiger partial charge on any atom is -0.495 e. The Morgan fingerprint density at radius 3 is 2.28 bits per heavy atom. The SMILES string of the molecule is COc1ccc(C(=O)C(Br)CN2C(=O)c3ccccc3C2=O)cc1Cl. The van der Waals surface area contributed by atoms with Gasteiger partial charge in [-0.3, -0.25) is 19.3 Å². The molecule has 128 valence electrons. The molecular formula is C18H13BrClNO4. The van der Waals surface area contributed by atoms with Crippen LogP contribution in [0, 0.1) is 0 Å². The number of carbonyl (C=O) groups is 3. The summed E-state index contributed by atoms with van der Waals surface area (Å²) in [5.74, 6) is -0.609. The lowest BCUT2D eigenvalue weighted by atomic mass is 10.1. The number of fused-ring (bicyclic) bond motifs is 1. The fourth-order valence-electron chi connectivity index (χ4n) is 2.65. The number of nitrogens with zero attached hydrogens (tertiary/aromatic N) is 1. The predicted octanol–water partition coefficient (Wildman–Crippen LogP) is 3.59. The van der Waals surface area contributed by atoms with Crippen molar-refractivity contribution in [2.24, 2.45) is 0 Å². The molecule has 2 aromatic carbocycles. The van der Waals surface area contributed by atoms with Crippen molar-refractivity contribution in [1.82, 2.24) is 4.90 Å². The molecule has 2 amide bonds. The van der Waals surface area contributed by atoms with E-state index >= 15 is 0 Å². The normalized spacial score (nSPS) is 14.4. The largest absolute Gasteiger partial charge is 0.495 e. The van der Waals surface area contributed by atoms with Gasteiger partial charge in [-0.15, -0.1) is 0 Å². The van der Waals surface area contributed by atoms with Crippen LogP contribution in [-0.2, 0) is 0 Å². The summed E-state index contributed by atoms with van der Waals surface area (Å²) < 4.78 is 5.06. The zero-order valence-electron chi connectivity index (χ0n) is 13.2. The number of benzene rings is 2. The standard InChI is InChI=1S/C18H13BrClNO4/c1-25-15-7-6-10(8-14(15)20)16(22)13(19)9-21-17(23)11-4-2-3-5-12(11)18(21)24/h2-8,13H,9H2,1H3. The van der Waals surface area contributed by atoms with Crippen molar-refractivity contribution in [3.05, 3.63) is 64.2 Å². The summed E-state index contributed by atoms with van der Waals surface area (Å²) in [6.07, 6.45) is 0. The molecule has 7 heteroatoms. The first-order chi connectivity index (χ1) is 11.9. The Bertz CT molecular complexity index is 848. The average Bonchev–Trinajstić information content (AvgIpc) is 2.86. The van der Waals surface area contributed by atoms with E-state index in [-0.39, 0.29) is 12.3 Å². The van der Waals surface area contributed by atoms with Crippen molar-refractivity contribution in [1.29, 1.82) is 0 Å². The molecule has 5 nitrogen and oxygen atoms in total. The molecule has 2 aromatic rings. The second-order valence-electron chi connectivity index (χ2n) is 5.45. The second-order valence-corrected chi connectivity index (χ2v) is 6.96. The molecule has 0 aliphatic carbocycles. The number of Topliss-reactive ketones (excluding diaryl/α,β-unsaturated/α-hetero) is 1. The Kier molecular flexibility index (Phi) is 4.92. The van der Waals surface area contributed by atoms with Crippen LogP contribution < -0.4 is 4.74 Å². The maximum Gasteiger partial charge on any atom is 0.261 e. The number of alkyl halides is 1. The molecule has 25 heavy (non-hydrogen) atoms. The number of ketones is 1. The summed E-state index contributed by atoms with van der Waals surface area (Å²) in [7, 11) is 1.48. The van der Waals surface area contributed by atoms with E-state index in [9.17, 15) is 14.4 Å². The molecule has 0 radical (unpaired) electrons. The topological polar surface area (TPSA) is 63.7 Å². The Balaban J connectivity index is 1.78. The van der Waals surface area contributed by atoms with Crippen LogP contribution >= 0.6 is 27.5 Å². The molecule has 0 fully saturated rings. The van der Waals surface area contributed by atoms with Crippen molar-refractivity contribution >= 4 is 45.1 Å². The molecule has 3 rings (SSSR count). The van der Waals surface area contributed by atoms with Gasteiger partial charge >= 0.3 is 0 Å². The maximum atomic E-state index is 12.6. The van der Waals surface area contributed by atoms with E-state index in [0.29, 0.717) is 27.5 Å². The van der Waals surface area contributed by atoms with E-state index in [4.69, 9.17) is 16.3 Å². The van der Waals surface area contributed by atoms with E-state index < -0.39 is 16.6 Å². The fourth-order valence-corrected chi connectivity index (χ4v) is 3.46. The highest BCUT2D eigenvalue weighted by atomic mass is 79.9. The zero-order chi connectivity index (χ0) is 18.1. The summed E-state index contributed by atoms with van der Waals surface area (Å²) in [5, 5.41) is 0.314. The number of halogens is 2. The Labute approximate surface area is 157 Å². The van der Waals surface area contributed by atoms with Crippen molar-refractivity contribution in [2.75, 3.05) is 13.7 Å². The quantitative estimate of drug-likeness (QED) is 0.420. The number of hydrogen-bond acceptors (Lipinski definition) is 4. The molecule has 0 saturated heterocycles. The fraction of sp³-hybridized carbons (Fsp3) is 0.167. The highest BCUT2D eigenvalue weighted by Crippen LogP contribution is 2.27. The van der Waals surface area contributed by atoms with Gasteiger partial charge in [0, 0.05) is 12.1 Å². The van der Waals surface area contributed by atoms with Gasteiger partial charge in [0.15, 0.2) is 5.78 Å². The Hall–Kier alpha value is -2.18. The molecule has 0 N–H and O–H groups in total. The minimum atomic E-state index is -0.737. The number of amides is 2. The van der Waals surface area contributed by atoms with Crippen molar-refractivity contribution in [3.63, 3.8) is 0 Å². The lowest BCUT2D eigenvalue weighted by molar-refractivity contribution is 0.0653. The van der Waals surface area contributed by atoms with Crippen molar-refractivity contribution < 1.29 is 19.1 Å². The van der Waals surface area contributed by atoms with Crippen LogP contribution in [0.5, 0.6) is 5.75 Å². The van der Waals surface area contributed by atoms with Gasteiger partial charge in [0.1, 0.15) is 5.75 Å². The van der Waals surface area contributed by atoms with Gasteiger partial charge in [-0.05, 0) is 30.3 Å². The van der Waals surface area contributed by atoms with Crippen LogP contribution in [0.4, 0.5) is 0 Å². The number of methoxy groups -OCH3 is 1. The monoisotopic (exact) mass is 421 g/mol. The second kappa shape index (κ2) is 6.98. The van der Waals surface area contributed by atoms with E-state index in [1.807, 2.05) is 0 Å². The number of hydrogen-bond donors (Lipinski definition) is 0. The van der Waals surface area contributed by atoms with Gasteiger partial charge in [0.05, 0.1) is 28.1 Å². The Morgan fingerprint density at radius 2 is 1.76 bits per heavy atom. The van der Waals surface area contributed by atoms with Gasteiger partial charge in [0.25, 0.3) is 11.8 Å². The molecule has 1 aliphatic heterocycles. The van der Waals surface area contributed by atoms with Crippen LogP contribution in [0.25, 0.3) is 0 Å². The third-order valence-corrected chi connectivity index (χ3v) is 4.94. The predicted molar refractivity (Wildman–Crippen MR) is 96.9 cm³/mol. The van der Waals surface area contributed by atoms with Crippen LogP contribution in [0.3, 0.4) is 0 Å². The number of rotatable bonds is 5. The van der Waals surface area contributed by atoms with E-state index in [2.05, 4.69) is 15.9 Å². The number of carbonyl (C=O) groups excluding carboxylic acids is 3. The van der Waals surface area contributed by atoms with Gasteiger partial charge in [-0.2, -0.15) is 0 Å². The highest BCUT2D eigenvalue weighted by Gasteiger charge is 2.37. The zero-order valence-corrected chi connectivity index (χ0v) is 15.5. The molecule has 1 heterocycles. The van der Waals surface area contributed by atoms with Gasteiger partial charge in [-0.25, -0.2) is 0 Å². The van der Waals surface area contributed by atoms with Gasteiger partial charge < -0.3 is 4.74 Å². The lowest BCUT2D eigenvalue weighted by Gasteiger charge is -2.17. The third-order valence-electron chi connectivity index (χ3n) is 3.94. The number of imide groups is 1. The summed E-state index contributed by atoms with van der Waals surface area (Å²) in [6, 6.07) is 11.3. The lowest BCUT2D eigenvalue weighted by Crippen LogP contribution is -2.37. The summed E-state index contributed by atoms with van der Waals surface area (Å²) >= 11 is 9.32. The summed E-state index contributed by atoms with van der Waals surface area (Å²) in [6.45, 7) is -0.0607. The molecular weight excluding hydrogens is 410 g/mol. The molecule has 1 unspecified atom stereocenters. The first-order valence-electron chi connectivity index (χ1n) is 7.41. The average molecular weight is 423 g/mol. The van der Waals surface area contributed by atoms with Crippen molar-refractivity contribution in [3.8, 4) is 5.75 Å². The van der Waals surface area contributed by atoms with Crippen LogP contribution in [0.1, 0.15) is 31.1 Å². The summed E-state index contributed by atoms with van der Waals surface area (Å²) in [4.78, 5) is 37.7. The van der Waals surface area contributed by atoms with E-state index in [0.717, 1.165) is 4.90 Å².